The van der Waals surface area contributed by atoms with Crippen LogP contribution in [0.2, 0.25) is 0 Å². The minimum absolute atomic E-state index is 0.299. The number of carbonyl (C=O) groups excluding carboxylic acids is 6. The SMILES string of the molecule is CC(NC(=O)C(CC(N)=O)NC(=O)C(CCC(N)=O)NC(=O)C(N)CC(N)=O)C(=O)O. The lowest BCUT2D eigenvalue weighted by Gasteiger charge is -2.24. The summed E-state index contributed by atoms with van der Waals surface area (Å²) >= 11 is 0. The zero-order valence-corrected chi connectivity index (χ0v) is 16.8. The lowest BCUT2D eigenvalue weighted by atomic mass is 10.1. The predicted octanol–water partition coefficient (Wildman–Crippen LogP) is -5.11. The molecular formula is C16H27N7O8. The summed E-state index contributed by atoms with van der Waals surface area (Å²) in [7, 11) is 0. The normalized spacial score (nSPS) is 14.3. The van der Waals surface area contributed by atoms with Crippen LogP contribution in [0.3, 0.4) is 0 Å². The molecule has 0 aromatic rings. The summed E-state index contributed by atoms with van der Waals surface area (Å²) in [6.07, 6.45) is -1.84. The summed E-state index contributed by atoms with van der Waals surface area (Å²) < 4.78 is 0. The molecule has 0 aromatic carbocycles. The number of carboxylic acid groups (broad SMARTS) is 1. The fourth-order valence-corrected chi connectivity index (χ4v) is 2.20. The van der Waals surface area contributed by atoms with Crippen molar-refractivity contribution < 1.29 is 38.7 Å². The Bertz CT molecular complexity index is 741. The maximum atomic E-state index is 12.6. The molecule has 0 aliphatic heterocycles. The molecule has 12 N–H and O–H groups in total. The smallest absolute Gasteiger partial charge is 0.325 e. The number of nitrogens with two attached hydrogens (primary N) is 4. The van der Waals surface area contributed by atoms with E-state index in [4.69, 9.17) is 28.0 Å². The maximum absolute atomic E-state index is 12.6. The van der Waals surface area contributed by atoms with Gasteiger partial charge in [0.15, 0.2) is 0 Å². The molecule has 6 amide bonds. The molecule has 0 saturated heterocycles. The maximum Gasteiger partial charge on any atom is 0.325 e. The van der Waals surface area contributed by atoms with Crippen LogP contribution in [-0.2, 0) is 33.6 Å². The van der Waals surface area contributed by atoms with E-state index in [1.807, 2.05) is 0 Å². The van der Waals surface area contributed by atoms with Crippen LogP contribution in [0.5, 0.6) is 0 Å². The molecule has 0 aliphatic rings. The molecule has 0 aliphatic carbocycles. The third-order valence-electron chi connectivity index (χ3n) is 3.84. The van der Waals surface area contributed by atoms with Crippen LogP contribution >= 0.6 is 0 Å². The van der Waals surface area contributed by atoms with Crippen LogP contribution in [0.4, 0.5) is 0 Å². The van der Waals surface area contributed by atoms with E-state index >= 15 is 0 Å². The molecule has 31 heavy (non-hydrogen) atoms. The van der Waals surface area contributed by atoms with Gasteiger partial charge in [0, 0.05) is 6.42 Å². The highest BCUT2D eigenvalue weighted by atomic mass is 16.4. The third kappa shape index (κ3) is 11.1. The van der Waals surface area contributed by atoms with Crippen LogP contribution in [-0.4, -0.2) is 70.7 Å². The Balaban J connectivity index is 5.45. The molecule has 0 spiro atoms. The molecule has 0 radical (unpaired) electrons. The first-order chi connectivity index (χ1) is 14.2. The second-order valence-corrected chi connectivity index (χ2v) is 6.64. The first kappa shape index (κ1) is 27.2. The molecule has 0 aromatic heterocycles. The Labute approximate surface area is 176 Å². The van der Waals surface area contributed by atoms with E-state index in [0.29, 0.717) is 0 Å². The number of carbonyl (C=O) groups is 7. The van der Waals surface area contributed by atoms with Gasteiger partial charge in [0.2, 0.25) is 35.4 Å². The highest BCUT2D eigenvalue weighted by Gasteiger charge is 2.30. The number of hydrogen-bond acceptors (Lipinski definition) is 8. The standard InChI is InChI=1S/C16H27N7O8/c1-6(16(30)31)21-15(29)9(5-12(20)26)23-14(28)8(2-3-10(18)24)22-13(27)7(17)4-11(19)25/h6-9H,2-5,17H2,1H3,(H2,18,24)(H2,19,25)(H2,20,26)(H,21,29)(H,22,27)(H,23,28)(H,30,31). The van der Waals surface area contributed by atoms with Gasteiger partial charge in [-0.2, -0.15) is 0 Å². The van der Waals surface area contributed by atoms with Crippen LogP contribution in [0, 0.1) is 0 Å². The van der Waals surface area contributed by atoms with Gasteiger partial charge in [-0.15, -0.1) is 0 Å². The van der Waals surface area contributed by atoms with Gasteiger partial charge in [-0.1, -0.05) is 0 Å². The largest absolute Gasteiger partial charge is 0.480 e. The zero-order valence-electron chi connectivity index (χ0n) is 16.8. The Hall–Kier alpha value is -3.75. The number of hydrogen-bond donors (Lipinski definition) is 8. The Morgan fingerprint density at radius 3 is 1.68 bits per heavy atom. The molecule has 174 valence electrons. The summed E-state index contributed by atoms with van der Waals surface area (Å²) in [5.74, 6) is -6.99. The average Bonchev–Trinajstić information content (AvgIpc) is 2.62. The zero-order chi connectivity index (χ0) is 24.3. The summed E-state index contributed by atoms with van der Waals surface area (Å²) in [6, 6.07) is -5.72. The highest BCUT2D eigenvalue weighted by molar-refractivity contribution is 5.96. The van der Waals surface area contributed by atoms with Crippen molar-refractivity contribution >= 4 is 41.4 Å². The lowest BCUT2D eigenvalue weighted by Crippen LogP contribution is -2.57. The summed E-state index contributed by atoms with van der Waals surface area (Å²) in [6.45, 7) is 1.15. The minimum atomic E-state index is -1.57. The van der Waals surface area contributed by atoms with Gasteiger partial charge in [-0.05, 0) is 13.3 Å². The molecule has 0 rings (SSSR count). The van der Waals surface area contributed by atoms with E-state index < -0.39 is 78.4 Å². The molecule has 0 fully saturated rings. The van der Waals surface area contributed by atoms with E-state index in [1.54, 1.807) is 0 Å². The first-order valence-electron chi connectivity index (χ1n) is 8.99. The second-order valence-electron chi connectivity index (χ2n) is 6.64. The predicted molar refractivity (Wildman–Crippen MR) is 103 cm³/mol. The Morgan fingerprint density at radius 2 is 1.23 bits per heavy atom. The van der Waals surface area contributed by atoms with Gasteiger partial charge < -0.3 is 44.0 Å². The highest BCUT2D eigenvalue weighted by Crippen LogP contribution is 2.02. The van der Waals surface area contributed by atoms with Crippen LogP contribution in [0.1, 0.15) is 32.6 Å². The Kier molecular flexibility index (Phi) is 11.2. The van der Waals surface area contributed by atoms with Crippen molar-refractivity contribution in [2.75, 3.05) is 0 Å². The van der Waals surface area contributed by atoms with E-state index in [0.717, 1.165) is 6.92 Å². The van der Waals surface area contributed by atoms with Gasteiger partial charge in [0.1, 0.15) is 18.1 Å². The molecule has 15 heteroatoms. The number of carboxylic acids is 1. The number of primary amides is 3. The minimum Gasteiger partial charge on any atom is -0.480 e. The number of aliphatic carboxylic acids is 1. The monoisotopic (exact) mass is 445 g/mol. The molecule has 4 unspecified atom stereocenters. The topological polar surface area (TPSA) is 280 Å². The number of nitrogens with one attached hydrogen (secondary N) is 3. The number of amides is 6. The van der Waals surface area contributed by atoms with Crippen LogP contribution in [0.15, 0.2) is 0 Å². The van der Waals surface area contributed by atoms with Gasteiger partial charge in [0.25, 0.3) is 0 Å². The van der Waals surface area contributed by atoms with E-state index in [1.165, 1.54) is 0 Å². The van der Waals surface area contributed by atoms with E-state index in [-0.39, 0.29) is 12.8 Å². The molecule has 4 atom stereocenters. The molecule has 0 bridgehead atoms. The molecule has 0 saturated carbocycles. The van der Waals surface area contributed by atoms with Gasteiger partial charge in [0.05, 0.1) is 18.9 Å². The van der Waals surface area contributed by atoms with Crippen LogP contribution in [0.25, 0.3) is 0 Å². The summed E-state index contributed by atoms with van der Waals surface area (Å²) in [5, 5.41) is 15.3. The molecular weight excluding hydrogens is 418 g/mol. The summed E-state index contributed by atoms with van der Waals surface area (Å²) in [5.41, 5.74) is 20.6. The van der Waals surface area contributed by atoms with Crippen molar-refractivity contribution in [3.8, 4) is 0 Å². The molecule has 15 nitrogen and oxygen atoms in total. The second kappa shape index (κ2) is 12.7. The Morgan fingerprint density at radius 1 is 0.742 bits per heavy atom. The summed E-state index contributed by atoms with van der Waals surface area (Å²) in [4.78, 5) is 81.0. The van der Waals surface area contributed by atoms with Crippen molar-refractivity contribution in [3.63, 3.8) is 0 Å². The quantitative estimate of drug-likeness (QED) is 0.127. The van der Waals surface area contributed by atoms with Crippen molar-refractivity contribution in [2.45, 2.75) is 56.8 Å². The van der Waals surface area contributed by atoms with E-state index in [2.05, 4.69) is 16.0 Å². The van der Waals surface area contributed by atoms with Crippen LogP contribution < -0.4 is 38.9 Å². The average molecular weight is 445 g/mol. The van der Waals surface area contributed by atoms with Gasteiger partial charge in [-0.25, -0.2) is 0 Å². The fourth-order valence-electron chi connectivity index (χ4n) is 2.20. The third-order valence-corrected chi connectivity index (χ3v) is 3.84. The number of rotatable bonds is 14. The molecule has 0 heterocycles. The fraction of sp³-hybridized carbons (Fsp3) is 0.562. The van der Waals surface area contributed by atoms with Crippen molar-refractivity contribution in [2.24, 2.45) is 22.9 Å². The van der Waals surface area contributed by atoms with Gasteiger partial charge >= 0.3 is 5.97 Å². The van der Waals surface area contributed by atoms with E-state index in [9.17, 15) is 33.6 Å². The van der Waals surface area contributed by atoms with Crippen molar-refractivity contribution in [3.05, 3.63) is 0 Å². The van der Waals surface area contributed by atoms with Crippen molar-refractivity contribution in [1.29, 1.82) is 0 Å². The lowest BCUT2D eigenvalue weighted by molar-refractivity contribution is -0.142. The van der Waals surface area contributed by atoms with Crippen molar-refractivity contribution in [1.82, 2.24) is 16.0 Å². The van der Waals surface area contributed by atoms with Gasteiger partial charge in [-0.3, -0.25) is 33.6 Å². The first-order valence-corrected chi connectivity index (χ1v) is 8.99.